The maximum absolute atomic E-state index is 12.9. The van der Waals surface area contributed by atoms with Crippen LogP contribution in [-0.4, -0.2) is 36.2 Å². The van der Waals surface area contributed by atoms with Crippen molar-refractivity contribution < 1.29 is 18.0 Å². The number of rotatable bonds is 6. The van der Waals surface area contributed by atoms with E-state index in [0.29, 0.717) is 11.0 Å². The molecule has 1 amide bonds. The maximum Gasteiger partial charge on any atom is 0.416 e. The van der Waals surface area contributed by atoms with Crippen LogP contribution in [-0.2, 0) is 11.0 Å². The molecule has 0 radical (unpaired) electrons. The molecule has 11 heteroatoms. The summed E-state index contributed by atoms with van der Waals surface area (Å²) in [6.45, 7) is 0. The summed E-state index contributed by atoms with van der Waals surface area (Å²) in [5.74, 6) is 0.00211. The van der Waals surface area contributed by atoms with Crippen molar-refractivity contribution in [3.63, 3.8) is 0 Å². The summed E-state index contributed by atoms with van der Waals surface area (Å²) in [6.07, 6.45) is 2.42. The molecule has 4 rings (SSSR count). The summed E-state index contributed by atoms with van der Waals surface area (Å²) in [5.41, 5.74) is -0.0151. The Morgan fingerprint density at radius 1 is 1.06 bits per heavy atom. The minimum atomic E-state index is -4.48. The van der Waals surface area contributed by atoms with Crippen LogP contribution in [0, 0.1) is 0 Å². The normalized spacial score (nSPS) is 11.5. The highest BCUT2D eigenvalue weighted by molar-refractivity contribution is 7.99. The molecule has 4 aromatic rings. The summed E-state index contributed by atoms with van der Waals surface area (Å²) >= 11 is 1.11. The Hall–Kier alpha value is -3.60. The second-order valence-electron chi connectivity index (χ2n) is 6.34. The summed E-state index contributed by atoms with van der Waals surface area (Å²) in [7, 11) is 0. The lowest BCUT2D eigenvalue weighted by molar-refractivity contribution is -0.137. The van der Waals surface area contributed by atoms with Gasteiger partial charge in [-0.3, -0.25) is 14.5 Å². The molecule has 0 unspecified atom stereocenters. The molecule has 0 saturated heterocycles. The van der Waals surface area contributed by atoms with Gasteiger partial charge in [0.2, 0.25) is 11.1 Å². The van der Waals surface area contributed by atoms with Crippen molar-refractivity contribution in [3.05, 3.63) is 78.9 Å². The zero-order chi connectivity index (χ0) is 21.8. The van der Waals surface area contributed by atoms with Gasteiger partial charge in [-0.2, -0.15) is 13.2 Å². The Labute approximate surface area is 178 Å². The quantitative estimate of drug-likeness (QED) is 0.451. The summed E-state index contributed by atoms with van der Waals surface area (Å²) in [5, 5.41) is 11.3. The number of hydrogen-bond donors (Lipinski definition) is 1. The Kier molecular flexibility index (Phi) is 5.76. The van der Waals surface area contributed by atoms with Gasteiger partial charge in [-0.05, 0) is 42.5 Å². The number of carbonyl (C=O) groups excluding carboxylic acids is 1. The highest BCUT2D eigenvalue weighted by Gasteiger charge is 2.30. The van der Waals surface area contributed by atoms with Crippen molar-refractivity contribution in [2.24, 2.45) is 0 Å². The maximum atomic E-state index is 12.9. The molecule has 0 aliphatic rings. The van der Waals surface area contributed by atoms with Crippen LogP contribution in [0.25, 0.3) is 11.4 Å². The molecule has 31 heavy (non-hydrogen) atoms. The molecule has 7 nitrogen and oxygen atoms in total. The molecule has 0 aliphatic carbocycles. The smallest absolute Gasteiger partial charge is 0.325 e. The lowest BCUT2D eigenvalue weighted by Crippen LogP contribution is -2.16. The number of thioether (sulfide) groups is 1. The minimum Gasteiger partial charge on any atom is -0.325 e. The Balaban J connectivity index is 1.51. The van der Waals surface area contributed by atoms with Gasteiger partial charge in [-0.25, -0.2) is 4.68 Å². The average Bonchev–Trinajstić information content (AvgIpc) is 3.42. The largest absolute Gasteiger partial charge is 0.416 e. The van der Waals surface area contributed by atoms with E-state index in [0.717, 1.165) is 29.5 Å². The topological polar surface area (TPSA) is 77.6 Å². The fourth-order valence-electron chi connectivity index (χ4n) is 2.80. The van der Waals surface area contributed by atoms with Gasteiger partial charge in [0.05, 0.1) is 11.3 Å². The zero-order valence-corrected chi connectivity index (χ0v) is 16.6. The van der Waals surface area contributed by atoms with Crippen molar-refractivity contribution >= 4 is 23.4 Å². The van der Waals surface area contributed by atoms with E-state index in [1.165, 1.54) is 12.1 Å². The summed E-state index contributed by atoms with van der Waals surface area (Å²) < 4.78 is 42.0. The molecule has 3 heterocycles. The number of halogens is 3. The number of amides is 1. The summed E-state index contributed by atoms with van der Waals surface area (Å²) in [6, 6.07) is 11.8. The van der Waals surface area contributed by atoms with Gasteiger partial charge in [0.15, 0.2) is 5.82 Å². The van der Waals surface area contributed by atoms with Crippen LogP contribution < -0.4 is 5.32 Å². The third-order valence-electron chi connectivity index (χ3n) is 4.16. The first-order chi connectivity index (χ1) is 14.9. The van der Waals surface area contributed by atoms with Gasteiger partial charge in [-0.1, -0.05) is 17.8 Å². The van der Waals surface area contributed by atoms with Gasteiger partial charge in [-0.15, -0.1) is 10.2 Å². The molecule has 1 N–H and O–H groups in total. The van der Waals surface area contributed by atoms with Crippen LogP contribution in [0.15, 0.2) is 78.5 Å². The Bertz CT molecular complexity index is 1180. The highest BCUT2D eigenvalue weighted by atomic mass is 32.2. The molecular formula is C20H15F3N6OS. The average molecular weight is 444 g/mol. The highest BCUT2D eigenvalue weighted by Crippen LogP contribution is 2.31. The van der Waals surface area contributed by atoms with Crippen LogP contribution in [0.3, 0.4) is 0 Å². The van der Waals surface area contributed by atoms with Crippen molar-refractivity contribution in [3.8, 4) is 11.4 Å². The predicted molar refractivity (Wildman–Crippen MR) is 109 cm³/mol. The Morgan fingerprint density at radius 2 is 1.87 bits per heavy atom. The van der Waals surface area contributed by atoms with Gasteiger partial charge < -0.3 is 5.32 Å². The molecule has 0 atom stereocenters. The van der Waals surface area contributed by atoms with Gasteiger partial charge in [0, 0.05) is 36.0 Å². The van der Waals surface area contributed by atoms with Crippen LogP contribution in [0.5, 0.6) is 0 Å². The molecule has 0 fully saturated rings. The lowest BCUT2D eigenvalue weighted by atomic mass is 10.2. The van der Waals surface area contributed by atoms with Gasteiger partial charge >= 0.3 is 6.18 Å². The molecule has 0 aliphatic heterocycles. The first kappa shape index (κ1) is 20.7. The molecule has 0 saturated carbocycles. The lowest BCUT2D eigenvalue weighted by Gasteiger charge is -2.11. The predicted octanol–water partition coefficient (Wildman–Crippen LogP) is 4.20. The van der Waals surface area contributed by atoms with Gasteiger partial charge in [0.25, 0.3) is 0 Å². The van der Waals surface area contributed by atoms with E-state index < -0.39 is 17.6 Å². The summed E-state index contributed by atoms with van der Waals surface area (Å²) in [4.78, 5) is 16.4. The molecule has 0 bridgehead atoms. The SMILES string of the molecule is O=C(CSc1nnc(-c2cccnc2)n1-n1cccc1)Nc1cccc(C(F)(F)F)c1. The first-order valence-corrected chi connectivity index (χ1v) is 10.00. The number of nitrogens with zero attached hydrogens (tertiary/aromatic N) is 5. The fraction of sp³-hybridized carbons (Fsp3) is 0.100. The minimum absolute atomic E-state index is 0.0668. The molecule has 3 aromatic heterocycles. The fourth-order valence-corrected chi connectivity index (χ4v) is 3.53. The first-order valence-electron chi connectivity index (χ1n) is 9.01. The third kappa shape index (κ3) is 4.77. The molecule has 0 spiro atoms. The van der Waals surface area contributed by atoms with Crippen molar-refractivity contribution in [2.75, 3.05) is 11.1 Å². The van der Waals surface area contributed by atoms with Crippen molar-refractivity contribution in [1.82, 2.24) is 24.5 Å². The van der Waals surface area contributed by atoms with E-state index in [-0.39, 0.29) is 11.4 Å². The van der Waals surface area contributed by atoms with E-state index in [2.05, 4.69) is 20.5 Å². The van der Waals surface area contributed by atoms with Crippen molar-refractivity contribution in [2.45, 2.75) is 11.3 Å². The number of aromatic nitrogens is 5. The van der Waals surface area contributed by atoms with E-state index in [4.69, 9.17) is 0 Å². The van der Waals surface area contributed by atoms with E-state index in [1.54, 1.807) is 40.2 Å². The zero-order valence-electron chi connectivity index (χ0n) is 15.8. The number of benzene rings is 1. The number of nitrogens with one attached hydrogen (secondary N) is 1. The van der Waals surface area contributed by atoms with E-state index >= 15 is 0 Å². The second-order valence-corrected chi connectivity index (χ2v) is 7.28. The number of hydrogen-bond acceptors (Lipinski definition) is 5. The van der Waals surface area contributed by atoms with Crippen LogP contribution in [0.1, 0.15) is 5.56 Å². The van der Waals surface area contributed by atoms with Gasteiger partial charge in [0.1, 0.15) is 0 Å². The number of anilines is 1. The van der Waals surface area contributed by atoms with Crippen LogP contribution >= 0.6 is 11.8 Å². The van der Waals surface area contributed by atoms with Crippen molar-refractivity contribution in [1.29, 1.82) is 0 Å². The van der Waals surface area contributed by atoms with E-state index in [9.17, 15) is 18.0 Å². The molecular weight excluding hydrogens is 429 g/mol. The number of carbonyl (C=O) groups is 1. The van der Waals surface area contributed by atoms with E-state index in [1.807, 2.05) is 18.2 Å². The monoisotopic (exact) mass is 444 g/mol. The molecule has 1 aromatic carbocycles. The van der Waals surface area contributed by atoms with Crippen LogP contribution in [0.4, 0.5) is 18.9 Å². The number of pyridine rings is 1. The second kappa shape index (κ2) is 8.64. The third-order valence-corrected chi connectivity index (χ3v) is 5.08. The Morgan fingerprint density at radius 3 is 2.58 bits per heavy atom. The van der Waals surface area contributed by atoms with Crippen LogP contribution in [0.2, 0.25) is 0 Å². The standard InChI is InChI=1S/C20H15F3N6OS/c21-20(22,23)15-6-3-7-16(11-15)25-17(30)13-31-19-27-26-18(14-5-4-8-24-12-14)29(19)28-9-1-2-10-28/h1-12H,13H2,(H,25,30). The number of alkyl halides is 3. The molecule has 158 valence electrons.